The Hall–Kier alpha value is -1.32. The van der Waals surface area contributed by atoms with Gasteiger partial charge in [-0.3, -0.25) is 4.90 Å². The Morgan fingerprint density at radius 3 is 2.52 bits per heavy atom. The van der Waals surface area contributed by atoms with Crippen LogP contribution in [-0.2, 0) is 6.54 Å². The highest BCUT2D eigenvalue weighted by Crippen LogP contribution is 2.25. The molecule has 0 saturated carbocycles. The van der Waals surface area contributed by atoms with Gasteiger partial charge in [0.15, 0.2) is 5.76 Å². The number of piperidine rings is 1. The first-order valence-electron chi connectivity index (χ1n) is 7.53. The molecule has 0 bridgehead atoms. The minimum atomic E-state index is 0.731. The highest BCUT2D eigenvalue weighted by atomic mass is 35.5. The number of halogens is 1. The molecule has 3 nitrogen and oxygen atoms in total. The molecule has 0 radical (unpaired) electrons. The lowest BCUT2D eigenvalue weighted by atomic mass is 9.92. The van der Waals surface area contributed by atoms with Crippen molar-refractivity contribution < 1.29 is 4.42 Å². The smallest absolute Gasteiger partial charge is 0.209 e. The molecule has 112 valence electrons. The molecule has 0 spiro atoms. The molecule has 1 saturated heterocycles. The summed E-state index contributed by atoms with van der Waals surface area (Å²) in [6.45, 7) is 7.68. The first-order valence-corrected chi connectivity index (χ1v) is 7.91. The number of nitrogens with zero attached hydrogens (tertiary/aromatic N) is 2. The zero-order valence-corrected chi connectivity index (χ0v) is 13.3. The lowest BCUT2D eigenvalue weighted by molar-refractivity contribution is 0.124. The number of likely N-dealkylation sites (tertiary alicyclic amines) is 1. The molecule has 0 unspecified atom stereocenters. The number of oxazole rings is 1. The molecule has 21 heavy (non-hydrogen) atoms. The zero-order chi connectivity index (χ0) is 14.8. The fraction of sp³-hybridized carbons (Fsp3) is 0.471. The molecule has 3 rings (SSSR count). The van der Waals surface area contributed by atoms with Crippen LogP contribution in [0.5, 0.6) is 0 Å². The van der Waals surface area contributed by atoms with Crippen molar-refractivity contribution in [2.75, 3.05) is 13.1 Å². The maximum atomic E-state index is 5.91. The van der Waals surface area contributed by atoms with Gasteiger partial charge in [-0.1, -0.05) is 25.4 Å². The molecular weight excluding hydrogens is 284 g/mol. The summed E-state index contributed by atoms with van der Waals surface area (Å²) in [5.74, 6) is 3.10. The van der Waals surface area contributed by atoms with Crippen LogP contribution in [0.4, 0.5) is 0 Å². The molecule has 4 heteroatoms. The predicted molar refractivity (Wildman–Crippen MR) is 85.2 cm³/mol. The van der Waals surface area contributed by atoms with Gasteiger partial charge in [0.25, 0.3) is 0 Å². The van der Waals surface area contributed by atoms with E-state index in [4.69, 9.17) is 16.0 Å². The summed E-state index contributed by atoms with van der Waals surface area (Å²) < 4.78 is 5.89. The van der Waals surface area contributed by atoms with E-state index < -0.39 is 0 Å². The Morgan fingerprint density at radius 1 is 1.19 bits per heavy atom. The van der Waals surface area contributed by atoms with Crippen molar-refractivity contribution in [1.82, 2.24) is 9.88 Å². The minimum Gasteiger partial charge on any atom is -0.439 e. The van der Waals surface area contributed by atoms with Crippen LogP contribution in [0, 0.1) is 11.8 Å². The molecule has 0 N–H and O–H groups in total. The Kier molecular flexibility index (Phi) is 4.32. The van der Waals surface area contributed by atoms with Gasteiger partial charge in [-0.15, -0.1) is 0 Å². The molecule has 0 amide bonds. The van der Waals surface area contributed by atoms with Crippen molar-refractivity contribution >= 4 is 11.6 Å². The van der Waals surface area contributed by atoms with Crippen molar-refractivity contribution in [2.24, 2.45) is 11.8 Å². The van der Waals surface area contributed by atoms with E-state index in [9.17, 15) is 0 Å². The van der Waals surface area contributed by atoms with Gasteiger partial charge >= 0.3 is 0 Å². The molecule has 0 aliphatic carbocycles. The fourth-order valence-electron chi connectivity index (χ4n) is 3.24. The molecular formula is C17H21ClN2O. The third-order valence-electron chi connectivity index (χ3n) is 3.99. The zero-order valence-electron chi connectivity index (χ0n) is 12.6. The third kappa shape index (κ3) is 3.66. The first kappa shape index (κ1) is 14.6. The van der Waals surface area contributed by atoms with Gasteiger partial charge in [0.1, 0.15) is 0 Å². The van der Waals surface area contributed by atoms with Crippen LogP contribution in [0.3, 0.4) is 0 Å². The first-order chi connectivity index (χ1) is 10.1. The molecule has 1 fully saturated rings. The number of hydrogen-bond donors (Lipinski definition) is 0. The number of rotatable bonds is 3. The highest BCUT2D eigenvalue weighted by molar-refractivity contribution is 6.30. The quantitative estimate of drug-likeness (QED) is 0.837. The number of hydrogen-bond acceptors (Lipinski definition) is 3. The summed E-state index contributed by atoms with van der Waals surface area (Å²) in [7, 11) is 0. The lowest BCUT2D eigenvalue weighted by Gasteiger charge is -2.34. The summed E-state index contributed by atoms with van der Waals surface area (Å²) in [5, 5.41) is 0.731. The SMILES string of the molecule is C[C@@H]1C[C@H](C)CN(Cc2ncc(-c3ccc(Cl)cc3)o2)C1. The average Bonchev–Trinajstić information content (AvgIpc) is 2.87. The standard InChI is InChI=1S/C17H21ClN2O/c1-12-7-13(2)10-20(9-12)11-17-19-8-16(21-17)14-3-5-15(18)6-4-14/h3-6,8,12-13H,7,9-11H2,1-2H3/t12-,13+. The maximum Gasteiger partial charge on any atom is 0.209 e. The van der Waals surface area contributed by atoms with Gasteiger partial charge in [0, 0.05) is 23.7 Å². The highest BCUT2D eigenvalue weighted by Gasteiger charge is 2.23. The Labute approximate surface area is 130 Å². The van der Waals surface area contributed by atoms with Crippen LogP contribution in [-0.4, -0.2) is 23.0 Å². The van der Waals surface area contributed by atoms with E-state index in [2.05, 4.69) is 23.7 Å². The third-order valence-corrected chi connectivity index (χ3v) is 4.24. The Morgan fingerprint density at radius 2 is 1.86 bits per heavy atom. The second kappa shape index (κ2) is 6.20. The van der Waals surface area contributed by atoms with Crippen molar-refractivity contribution in [3.05, 3.63) is 41.4 Å². The van der Waals surface area contributed by atoms with Gasteiger partial charge in [-0.2, -0.15) is 0 Å². The molecule has 1 aliphatic rings. The molecule has 1 aliphatic heterocycles. The van der Waals surface area contributed by atoms with E-state index in [0.29, 0.717) is 0 Å². The van der Waals surface area contributed by atoms with Crippen LogP contribution in [0.2, 0.25) is 5.02 Å². The molecule has 2 atom stereocenters. The van der Waals surface area contributed by atoms with Gasteiger partial charge in [-0.25, -0.2) is 4.98 Å². The predicted octanol–water partition coefficient (Wildman–Crippen LogP) is 4.47. The second-order valence-corrected chi connectivity index (χ2v) is 6.70. The summed E-state index contributed by atoms with van der Waals surface area (Å²) >= 11 is 5.91. The van der Waals surface area contributed by atoms with Crippen LogP contribution < -0.4 is 0 Å². The second-order valence-electron chi connectivity index (χ2n) is 6.27. The largest absolute Gasteiger partial charge is 0.439 e. The van der Waals surface area contributed by atoms with Crippen LogP contribution >= 0.6 is 11.6 Å². The summed E-state index contributed by atoms with van der Waals surface area (Å²) in [4.78, 5) is 6.86. The van der Waals surface area contributed by atoms with Gasteiger partial charge in [0.05, 0.1) is 12.7 Å². The van der Waals surface area contributed by atoms with Crippen LogP contribution in [0.25, 0.3) is 11.3 Å². The van der Waals surface area contributed by atoms with Gasteiger partial charge in [0.2, 0.25) is 5.89 Å². The van der Waals surface area contributed by atoms with E-state index in [1.165, 1.54) is 6.42 Å². The minimum absolute atomic E-state index is 0.731. The van der Waals surface area contributed by atoms with Crippen LogP contribution in [0.15, 0.2) is 34.9 Å². The maximum absolute atomic E-state index is 5.91. The van der Waals surface area contributed by atoms with Gasteiger partial charge < -0.3 is 4.42 Å². The van der Waals surface area contributed by atoms with E-state index >= 15 is 0 Å². The average molecular weight is 305 g/mol. The number of benzene rings is 1. The fourth-order valence-corrected chi connectivity index (χ4v) is 3.37. The molecule has 1 aromatic heterocycles. The van der Waals surface area contributed by atoms with Crippen molar-refractivity contribution in [2.45, 2.75) is 26.8 Å². The Balaban J connectivity index is 1.69. The molecule has 2 aromatic rings. The van der Waals surface area contributed by atoms with E-state index in [1.807, 2.05) is 24.3 Å². The summed E-state index contributed by atoms with van der Waals surface area (Å²) in [6.07, 6.45) is 3.12. The van der Waals surface area contributed by atoms with E-state index in [0.717, 1.165) is 53.7 Å². The lowest BCUT2D eigenvalue weighted by Crippen LogP contribution is -2.38. The van der Waals surface area contributed by atoms with E-state index in [1.54, 1.807) is 6.20 Å². The summed E-state index contributed by atoms with van der Waals surface area (Å²) in [6, 6.07) is 7.65. The topological polar surface area (TPSA) is 29.3 Å². The van der Waals surface area contributed by atoms with Crippen molar-refractivity contribution in [1.29, 1.82) is 0 Å². The van der Waals surface area contributed by atoms with Crippen molar-refractivity contribution in [3.63, 3.8) is 0 Å². The summed E-state index contributed by atoms with van der Waals surface area (Å²) in [5.41, 5.74) is 1.01. The van der Waals surface area contributed by atoms with Crippen LogP contribution in [0.1, 0.15) is 26.2 Å². The van der Waals surface area contributed by atoms with E-state index in [-0.39, 0.29) is 0 Å². The normalized spacial score (nSPS) is 23.4. The molecule has 2 heterocycles. The monoisotopic (exact) mass is 304 g/mol. The number of aromatic nitrogens is 1. The van der Waals surface area contributed by atoms with Gasteiger partial charge in [-0.05, 0) is 42.5 Å². The molecule has 1 aromatic carbocycles. The van der Waals surface area contributed by atoms with Crippen molar-refractivity contribution in [3.8, 4) is 11.3 Å². The Bertz CT molecular complexity index is 583.